The number of likely N-dealkylation sites (tertiary alicyclic amines) is 1. The van der Waals surface area contributed by atoms with Crippen LogP contribution in [0.4, 0.5) is 5.82 Å². The molecule has 138 valence electrons. The first-order valence-corrected chi connectivity index (χ1v) is 9.77. The number of nitrogens with zero attached hydrogens (tertiary/aromatic N) is 5. The zero-order valence-electron chi connectivity index (χ0n) is 15.0. The average Bonchev–Trinajstić information content (AvgIpc) is 3.31. The second-order valence-corrected chi connectivity index (χ2v) is 7.44. The molecular formula is C19H25N5O2. The maximum atomic E-state index is 5.68. The summed E-state index contributed by atoms with van der Waals surface area (Å²) in [5, 5.41) is 4.27. The van der Waals surface area contributed by atoms with E-state index in [4.69, 9.17) is 14.2 Å². The molecule has 26 heavy (non-hydrogen) atoms. The lowest BCUT2D eigenvalue weighted by atomic mass is 9.91. The predicted molar refractivity (Wildman–Crippen MR) is 96.9 cm³/mol. The van der Waals surface area contributed by atoms with Gasteiger partial charge in [-0.15, -0.1) is 0 Å². The highest BCUT2D eigenvalue weighted by molar-refractivity contribution is 5.59. The lowest BCUT2D eigenvalue weighted by Crippen LogP contribution is -2.39. The van der Waals surface area contributed by atoms with E-state index in [1.807, 2.05) is 12.3 Å². The maximum absolute atomic E-state index is 5.68. The van der Waals surface area contributed by atoms with Crippen molar-refractivity contribution in [3.8, 4) is 11.4 Å². The summed E-state index contributed by atoms with van der Waals surface area (Å²) in [6.45, 7) is 4.39. The molecule has 4 heterocycles. The SMILES string of the molecule is c1cc(-c2noc(C3CCCN3C3CCC3)n2)cc(N2CCOCC2)n1. The van der Waals surface area contributed by atoms with Crippen LogP contribution in [0.15, 0.2) is 22.9 Å². The van der Waals surface area contributed by atoms with Crippen molar-refractivity contribution in [3.63, 3.8) is 0 Å². The minimum Gasteiger partial charge on any atom is -0.378 e. The van der Waals surface area contributed by atoms with Gasteiger partial charge in [0, 0.05) is 30.9 Å². The highest BCUT2D eigenvalue weighted by atomic mass is 16.5. The van der Waals surface area contributed by atoms with Gasteiger partial charge in [-0.1, -0.05) is 11.6 Å². The van der Waals surface area contributed by atoms with Crippen molar-refractivity contribution in [3.05, 3.63) is 24.2 Å². The monoisotopic (exact) mass is 355 g/mol. The number of aromatic nitrogens is 3. The van der Waals surface area contributed by atoms with Crippen LogP contribution in [0.3, 0.4) is 0 Å². The molecule has 0 aromatic carbocycles. The summed E-state index contributed by atoms with van der Waals surface area (Å²) in [6.07, 6.45) is 8.13. The van der Waals surface area contributed by atoms with E-state index >= 15 is 0 Å². The van der Waals surface area contributed by atoms with Crippen LogP contribution in [0.1, 0.15) is 44.0 Å². The zero-order chi connectivity index (χ0) is 17.3. The summed E-state index contributed by atoms with van der Waals surface area (Å²) in [4.78, 5) is 14.1. The lowest BCUT2D eigenvalue weighted by Gasteiger charge is -2.37. The third-order valence-electron chi connectivity index (χ3n) is 5.90. The first-order chi connectivity index (χ1) is 12.9. The van der Waals surface area contributed by atoms with Gasteiger partial charge in [0.25, 0.3) is 0 Å². The van der Waals surface area contributed by atoms with Gasteiger partial charge in [-0.2, -0.15) is 4.98 Å². The van der Waals surface area contributed by atoms with Crippen LogP contribution >= 0.6 is 0 Å². The molecule has 0 bridgehead atoms. The molecule has 1 unspecified atom stereocenters. The Bertz CT molecular complexity index is 754. The van der Waals surface area contributed by atoms with Crippen LogP contribution in [-0.4, -0.2) is 58.9 Å². The van der Waals surface area contributed by atoms with E-state index in [0.717, 1.165) is 56.5 Å². The first kappa shape index (κ1) is 16.2. The summed E-state index contributed by atoms with van der Waals surface area (Å²) in [5.74, 6) is 2.39. The Morgan fingerprint density at radius 1 is 1.04 bits per heavy atom. The maximum Gasteiger partial charge on any atom is 0.244 e. The Labute approximate surface area is 153 Å². The molecule has 2 saturated heterocycles. The number of morpholine rings is 1. The number of ether oxygens (including phenoxy) is 1. The smallest absolute Gasteiger partial charge is 0.244 e. The molecular weight excluding hydrogens is 330 g/mol. The topological polar surface area (TPSA) is 67.5 Å². The van der Waals surface area contributed by atoms with Crippen molar-refractivity contribution in [2.24, 2.45) is 0 Å². The Hall–Kier alpha value is -1.99. The second-order valence-electron chi connectivity index (χ2n) is 7.44. The number of hydrogen-bond donors (Lipinski definition) is 0. The van der Waals surface area contributed by atoms with Gasteiger partial charge in [0.2, 0.25) is 11.7 Å². The molecule has 0 radical (unpaired) electrons. The van der Waals surface area contributed by atoms with Gasteiger partial charge < -0.3 is 14.2 Å². The quantitative estimate of drug-likeness (QED) is 0.835. The molecule has 1 atom stereocenters. The van der Waals surface area contributed by atoms with Crippen LogP contribution in [0.2, 0.25) is 0 Å². The molecule has 5 rings (SSSR count). The van der Waals surface area contributed by atoms with Gasteiger partial charge in [-0.05, 0) is 44.4 Å². The van der Waals surface area contributed by atoms with Crippen molar-refractivity contribution >= 4 is 5.82 Å². The molecule has 1 aliphatic carbocycles. The number of hydrogen-bond acceptors (Lipinski definition) is 7. The second kappa shape index (κ2) is 6.96. The summed E-state index contributed by atoms with van der Waals surface area (Å²) < 4.78 is 11.1. The predicted octanol–water partition coefficient (Wildman–Crippen LogP) is 2.66. The van der Waals surface area contributed by atoms with Gasteiger partial charge >= 0.3 is 0 Å². The fourth-order valence-electron chi connectivity index (χ4n) is 4.22. The van der Waals surface area contributed by atoms with Crippen molar-refractivity contribution in [2.45, 2.75) is 44.2 Å². The standard InChI is InChI=1S/C19H25N5O2/c1-3-15(4-1)24-8-2-5-16(24)19-21-18(22-26-19)14-6-7-20-17(13-14)23-9-11-25-12-10-23/h6-7,13,15-16H,1-5,8-12H2. The van der Waals surface area contributed by atoms with E-state index in [2.05, 4.69) is 26.0 Å². The molecule has 7 nitrogen and oxygen atoms in total. The molecule has 0 N–H and O–H groups in total. The van der Waals surface area contributed by atoms with E-state index in [1.165, 1.54) is 25.7 Å². The molecule has 2 aromatic rings. The third kappa shape index (κ3) is 2.99. The molecule has 2 aliphatic heterocycles. The Morgan fingerprint density at radius 3 is 2.73 bits per heavy atom. The number of rotatable bonds is 4. The van der Waals surface area contributed by atoms with E-state index in [1.54, 1.807) is 0 Å². The van der Waals surface area contributed by atoms with Gasteiger partial charge in [-0.3, -0.25) is 4.90 Å². The van der Waals surface area contributed by atoms with E-state index < -0.39 is 0 Å². The molecule has 7 heteroatoms. The fourth-order valence-corrected chi connectivity index (χ4v) is 4.22. The minimum absolute atomic E-state index is 0.294. The largest absolute Gasteiger partial charge is 0.378 e. The molecule has 3 fully saturated rings. The van der Waals surface area contributed by atoms with Crippen LogP contribution < -0.4 is 4.90 Å². The summed E-state index contributed by atoms with van der Waals surface area (Å²) >= 11 is 0. The van der Waals surface area contributed by atoms with Crippen LogP contribution in [-0.2, 0) is 4.74 Å². The summed E-state index contributed by atoms with van der Waals surface area (Å²) in [5.41, 5.74) is 0.963. The van der Waals surface area contributed by atoms with Crippen molar-refractivity contribution < 1.29 is 9.26 Å². The van der Waals surface area contributed by atoms with Gasteiger partial charge in [0.05, 0.1) is 19.3 Å². The first-order valence-electron chi connectivity index (χ1n) is 9.77. The Morgan fingerprint density at radius 2 is 1.92 bits per heavy atom. The van der Waals surface area contributed by atoms with E-state index in [0.29, 0.717) is 17.9 Å². The van der Waals surface area contributed by atoms with Crippen LogP contribution in [0.25, 0.3) is 11.4 Å². The Kier molecular flexibility index (Phi) is 4.34. The van der Waals surface area contributed by atoms with E-state index in [9.17, 15) is 0 Å². The number of pyridine rings is 1. The molecule has 1 saturated carbocycles. The van der Waals surface area contributed by atoms with Gasteiger partial charge in [-0.25, -0.2) is 4.98 Å². The summed E-state index contributed by atoms with van der Waals surface area (Å²) in [6, 6.07) is 5.02. The van der Waals surface area contributed by atoms with Crippen LogP contribution in [0, 0.1) is 0 Å². The van der Waals surface area contributed by atoms with Gasteiger partial charge in [0.1, 0.15) is 5.82 Å². The average molecular weight is 355 g/mol. The summed E-state index contributed by atoms with van der Waals surface area (Å²) in [7, 11) is 0. The van der Waals surface area contributed by atoms with Gasteiger partial charge in [0.15, 0.2) is 0 Å². The molecule has 2 aromatic heterocycles. The lowest BCUT2D eigenvalue weighted by molar-refractivity contribution is 0.0966. The highest BCUT2D eigenvalue weighted by Crippen LogP contribution is 2.39. The highest BCUT2D eigenvalue weighted by Gasteiger charge is 2.37. The number of anilines is 1. The van der Waals surface area contributed by atoms with Crippen molar-refractivity contribution in [2.75, 3.05) is 37.7 Å². The molecule has 3 aliphatic rings. The fraction of sp³-hybridized carbons (Fsp3) is 0.632. The van der Waals surface area contributed by atoms with Crippen molar-refractivity contribution in [1.29, 1.82) is 0 Å². The zero-order valence-corrected chi connectivity index (χ0v) is 15.0. The van der Waals surface area contributed by atoms with Crippen molar-refractivity contribution in [1.82, 2.24) is 20.0 Å². The van der Waals surface area contributed by atoms with Crippen LogP contribution in [0.5, 0.6) is 0 Å². The minimum atomic E-state index is 0.294. The van der Waals surface area contributed by atoms with E-state index in [-0.39, 0.29) is 0 Å². The molecule has 0 spiro atoms. The normalized spacial score (nSPS) is 24.8. The third-order valence-corrected chi connectivity index (χ3v) is 5.90. The Balaban J connectivity index is 1.36. The molecule has 0 amide bonds.